The number of rotatable bonds is 2. The number of sulfone groups is 1. The summed E-state index contributed by atoms with van der Waals surface area (Å²) in [7, 11) is -3.19. The number of pyridine rings is 1. The van der Waals surface area contributed by atoms with E-state index >= 15 is 0 Å². The second-order valence-electron chi connectivity index (χ2n) is 3.41. The Labute approximate surface area is 97.9 Å². The van der Waals surface area contributed by atoms with Crippen LogP contribution in [0.4, 0.5) is 0 Å². The molecule has 0 aromatic carbocycles. The van der Waals surface area contributed by atoms with Crippen molar-refractivity contribution in [2.75, 3.05) is 6.26 Å². The van der Waals surface area contributed by atoms with Gasteiger partial charge < -0.3 is 0 Å². The van der Waals surface area contributed by atoms with E-state index in [1.54, 1.807) is 25.4 Å². The molecular formula is C10H10N2O2S2. The Bertz CT molecular complexity index is 603. The van der Waals surface area contributed by atoms with Crippen molar-refractivity contribution in [3.05, 3.63) is 30.2 Å². The predicted molar refractivity (Wildman–Crippen MR) is 63.2 cm³/mol. The van der Waals surface area contributed by atoms with Gasteiger partial charge in [0.15, 0.2) is 9.84 Å². The third-order valence-corrected chi connectivity index (χ3v) is 5.13. The molecular weight excluding hydrogens is 244 g/mol. The Morgan fingerprint density at radius 1 is 1.38 bits per heavy atom. The molecule has 0 amide bonds. The molecule has 2 rings (SSSR count). The summed E-state index contributed by atoms with van der Waals surface area (Å²) in [5.41, 5.74) is 1.39. The zero-order valence-electron chi connectivity index (χ0n) is 8.84. The van der Waals surface area contributed by atoms with Crippen LogP contribution >= 0.6 is 11.3 Å². The molecule has 2 aromatic heterocycles. The van der Waals surface area contributed by atoms with Gasteiger partial charge >= 0.3 is 0 Å². The average molecular weight is 254 g/mol. The van der Waals surface area contributed by atoms with Gasteiger partial charge in [-0.05, 0) is 19.1 Å². The minimum absolute atomic E-state index is 0.325. The molecule has 2 aromatic rings. The molecule has 0 fully saturated rings. The van der Waals surface area contributed by atoms with Crippen molar-refractivity contribution in [1.82, 2.24) is 9.97 Å². The number of aromatic nitrogens is 2. The van der Waals surface area contributed by atoms with Gasteiger partial charge in [-0.3, -0.25) is 4.98 Å². The van der Waals surface area contributed by atoms with E-state index in [1.807, 2.05) is 6.07 Å². The monoisotopic (exact) mass is 254 g/mol. The zero-order chi connectivity index (χ0) is 11.8. The quantitative estimate of drug-likeness (QED) is 0.821. The number of hydrogen-bond donors (Lipinski definition) is 0. The molecule has 0 saturated heterocycles. The normalized spacial score (nSPS) is 11.6. The van der Waals surface area contributed by atoms with Crippen LogP contribution in [0.2, 0.25) is 0 Å². The van der Waals surface area contributed by atoms with Gasteiger partial charge in [0.05, 0.1) is 5.69 Å². The third kappa shape index (κ3) is 2.12. The molecule has 0 N–H and O–H groups in total. The first-order valence-corrected chi connectivity index (χ1v) is 7.27. The Balaban J connectivity index is 2.55. The van der Waals surface area contributed by atoms with Gasteiger partial charge in [-0.2, -0.15) is 0 Å². The van der Waals surface area contributed by atoms with E-state index in [0.29, 0.717) is 14.9 Å². The topological polar surface area (TPSA) is 59.9 Å². The maximum Gasteiger partial charge on any atom is 0.186 e. The largest absolute Gasteiger partial charge is 0.264 e. The zero-order valence-corrected chi connectivity index (χ0v) is 10.5. The first-order chi connectivity index (χ1) is 7.48. The summed E-state index contributed by atoms with van der Waals surface area (Å²) in [5, 5.41) is 0.686. The summed E-state index contributed by atoms with van der Waals surface area (Å²) >= 11 is 1.18. The van der Waals surface area contributed by atoms with Crippen molar-refractivity contribution < 1.29 is 8.42 Å². The summed E-state index contributed by atoms with van der Waals surface area (Å²) in [5.74, 6) is 0. The number of nitrogens with zero attached hydrogens (tertiary/aromatic N) is 2. The molecule has 0 atom stereocenters. The van der Waals surface area contributed by atoms with Gasteiger partial charge in [0, 0.05) is 24.2 Å². The fourth-order valence-electron chi connectivity index (χ4n) is 1.34. The predicted octanol–water partition coefficient (Wildman–Crippen LogP) is 1.92. The van der Waals surface area contributed by atoms with Gasteiger partial charge in [-0.1, -0.05) is 0 Å². The smallest absolute Gasteiger partial charge is 0.186 e. The highest BCUT2D eigenvalue weighted by atomic mass is 32.2. The van der Waals surface area contributed by atoms with E-state index < -0.39 is 9.84 Å². The highest BCUT2D eigenvalue weighted by Crippen LogP contribution is 2.30. The number of thiazole rings is 1. The summed E-state index contributed by atoms with van der Waals surface area (Å²) in [6.07, 6.45) is 4.53. The van der Waals surface area contributed by atoms with Crippen molar-refractivity contribution in [3.63, 3.8) is 0 Å². The lowest BCUT2D eigenvalue weighted by Gasteiger charge is -1.92. The lowest BCUT2D eigenvalue weighted by Crippen LogP contribution is -1.95. The van der Waals surface area contributed by atoms with E-state index in [9.17, 15) is 8.42 Å². The van der Waals surface area contributed by atoms with Crippen molar-refractivity contribution >= 4 is 21.2 Å². The first-order valence-electron chi connectivity index (χ1n) is 4.56. The van der Waals surface area contributed by atoms with E-state index in [4.69, 9.17) is 0 Å². The highest BCUT2D eigenvalue weighted by Gasteiger charge is 2.17. The van der Waals surface area contributed by atoms with Gasteiger partial charge in [-0.25, -0.2) is 13.4 Å². The van der Waals surface area contributed by atoms with Crippen LogP contribution in [0.5, 0.6) is 0 Å². The third-order valence-electron chi connectivity index (χ3n) is 2.00. The summed E-state index contributed by atoms with van der Waals surface area (Å²) in [6, 6.07) is 3.66. The van der Waals surface area contributed by atoms with Gasteiger partial charge in [0.25, 0.3) is 0 Å². The van der Waals surface area contributed by atoms with Crippen LogP contribution in [0.15, 0.2) is 28.7 Å². The maximum absolute atomic E-state index is 11.5. The van der Waals surface area contributed by atoms with Crippen LogP contribution in [-0.4, -0.2) is 24.6 Å². The molecule has 0 aliphatic carbocycles. The first kappa shape index (κ1) is 11.2. The minimum atomic E-state index is -3.19. The molecule has 16 heavy (non-hydrogen) atoms. The van der Waals surface area contributed by atoms with Crippen molar-refractivity contribution in [2.24, 2.45) is 0 Å². The van der Waals surface area contributed by atoms with Crippen LogP contribution in [0, 0.1) is 6.92 Å². The molecule has 6 heteroatoms. The molecule has 0 aliphatic rings. The Hall–Kier alpha value is -1.27. The molecule has 0 bridgehead atoms. The Morgan fingerprint density at radius 2 is 2.12 bits per heavy atom. The van der Waals surface area contributed by atoms with E-state index in [1.165, 1.54) is 17.6 Å². The molecule has 84 valence electrons. The van der Waals surface area contributed by atoms with Crippen LogP contribution in [0.3, 0.4) is 0 Å². The molecule has 0 spiro atoms. The molecule has 0 aliphatic heterocycles. The fourth-order valence-corrected chi connectivity index (χ4v) is 3.55. The van der Waals surface area contributed by atoms with E-state index in [0.717, 1.165) is 5.56 Å². The second-order valence-corrected chi connectivity index (χ2v) is 6.62. The average Bonchev–Trinajstić information content (AvgIpc) is 2.61. The standard InChI is InChI=1S/C10H10N2O2S2/c1-7-10(16(2,13)14)15-9(12-7)8-4-3-5-11-6-8/h3-6H,1-2H3. The van der Waals surface area contributed by atoms with Crippen LogP contribution < -0.4 is 0 Å². The Morgan fingerprint density at radius 3 is 2.62 bits per heavy atom. The summed E-state index contributed by atoms with van der Waals surface area (Å²) in [6.45, 7) is 1.70. The fraction of sp³-hybridized carbons (Fsp3) is 0.200. The molecule has 0 radical (unpaired) electrons. The van der Waals surface area contributed by atoms with Crippen molar-refractivity contribution in [2.45, 2.75) is 11.1 Å². The van der Waals surface area contributed by atoms with E-state index in [2.05, 4.69) is 9.97 Å². The minimum Gasteiger partial charge on any atom is -0.264 e. The van der Waals surface area contributed by atoms with Crippen LogP contribution in [-0.2, 0) is 9.84 Å². The number of aryl methyl sites for hydroxylation is 1. The van der Waals surface area contributed by atoms with Crippen LogP contribution in [0.1, 0.15) is 5.69 Å². The molecule has 2 heterocycles. The summed E-state index contributed by atoms with van der Waals surface area (Å²) < 4.78 is 23.2. The van der Waals surface area contributed by atoms with Gasteiger partial charge in [0.1, 0.15) is 9.22 Å². The molecule has 0 unspecified atom stereocenters. The SMILES string of the molecule is Cc1nc(-c2cccnc2)sc1S(C)(=O)=O. The van der Waals surface area contributed by atoms with Gasteiger partial charge in [-0.15, -0.1) is 11.3 Å². The Kier molecular flexibility index (Phi) is 2.77. The molecule has 4 nitrogen and oxygen atoms in total. The summed E-state index contributed by atoms with van der Waals surface area (Å²) in [4.78, 5) is 8.23. The highest BCUT2D eigenvalue weighted by molar-refractivity contribution is 7.92. The van der Waals surface area contributed by atoms with Crippen molar-refractivity contribution in [1.29, 1.82) is 0 Å². The number of hydrogen-bond acceptors (Lipinski definition) is 5. The van der Waals surface area contributed by atoms with Crippen LogP contribution in [0.25, 0.3) is 10.6 Å². The van der Waals surface area contributed by atoms with Crippen molar-refractivity contribution in [3.8, 4) is 10.6 Å². The second kappa shape index (κ2) is 3.95. The lowest BCUT2D eigenvalue weighted by atomic mass is 10.3. The maximum atomic E-state index is 11.5. The molecule has 0 saturated carbocycles. The lowest BCUT2D eigenvalue weighted by molar-refractivity contribution is 0.603. The van der Waals surface area contributed by atoms with Gasteiger partial charge in [0.2, 0.25) is 0 Å². The van der Waals surface area contributed by atoms with E-state index in [-0.39, 0.29) is 0 Å².